The Bertz CT molecular complexity index is 723. The van der Waals surface area contributed by atoms with Crippen LogP contribution in [-0.4, -0.2) is 14.9 Å². The van der Waals surface area contributed by atoms with Gasteiger partial charge in [0, 0.05) is 11.6 Å². The van der Waals surface area contributed by atoms with Crippen molar-refractivity contribution >= 4 is 0 Å². The molecule has 0 fully saturated rings. The molecule has 0 spiro atoms. The fourth-order valence-corrected chi connectivity index (χ4v) is 3.41. The van der Waals surface area contributed by atoms with E-state index in [1.165, 1.54) is 16.7 Å². The summed E-state index contributed by atoms with van der Waals surface area (Å²) >= 11 is 0. The van der Waals surface area contributed by atoms with Gasteiger partial charge in [-0.2, -0.15) is 5.10 Å². The normalized spacial score (nSPS) is 12.2. The highest BCUT2D eigenvalue weighted by atomic mass is 16.3. The zero-order valence-corrected chi connectivity index (χ0v) is 17.3. The Morgan fingerprint density at radius 1 is 0.840 bits per heavy atom. The Labute approximate surface area is 153 Å². The highest BCUT2D eigenvalue weighted by Crippen LogP contribution is 2.42. The monoisotopic (exact) mass is 342 g/mol. The first kappa shape index (κ1) is 19.6. The van der Waals surface area contributed by atoms with Gasteiger partial charge in [0.1, 0.15) is 5.69 Å². The predicted molar refractivity (Wildman–Crippen MR) is 107 cm³/mol. The first-order valence-electron chi connectivity index (χ1n) is 9.52. The maximum atomic E-state index is 10.8. The van der Waals surface area contributed by atoms with E-state index in [4.69, 9.17) is 5.10 Å². The van der Waals surface area contributed by atoms with Crippen LogP contribution in [0.2, 0.25) is 0 Å². The number of rotatable bonds is 5. The molecule has 0 radical (unpaired) electrons. The molecule has 0 saturated heterocycles. The van der Waals surface area contributed by atoms with E-state index in [1.807, 2.05) is 11.6 Å². The summed E-state index contributed by atoms with van der Waals surface area (Å²) in [6.07, 6.45) is 0. The van der Waals surface area contributed by atoms with E-state index < -0.39 is 0 Å². The minimum Gasteiger partial charge on any atom is -0.504 e. The molecule has 0 unspecified atom stereocenters. The molecule has 0 saturated carbocycles. The summed E-state index contributed by atoms with van der Waals surface area (Å²) in [5.41, 5.74) is 6.60. The van der Waals surface area contributed by atoms with Gasteiger partial charge in [-0.3, -0.25) is 4.68 Å². The third kappa shape index (κ3) is 3.61. The lowest BCUT2D eigenvalue weighted by atomic mass is 9.83. The van der Waals surface area contributed by atoms with Gasteiger partial charge in [0.05, 0.1) is 5.69 Å². The molecule has 1 N–H and O–H groups in total. The van der Waals surface area contributed by atoms with Gasteiger partial charge in [0.15, 0.2) is 5.75 Å². The lowest BCUT2D eigenvalue weighted by molar-refractivity contribution is 0.461. The van der Waals surface area contributed by atoms with Crippen LogP contribution in [0.25, 0.3) is 11.3 Å². The Kier molecular flexibility index (Phi) is 5.65. The van der Waals surface area contributed by atoms with Crippen molar-refractivity contribution in [2.45, 2.75) is 86.1 Å². The number of aromatic hydroxyl groups is 1. The van der Waals surface area contributed by atoms with Crippen molar-refractivity contribution in [3.63, 3.8) is 0 Å². The Morgan fingerprint density at radius 3 is 1.64 bits per heavy atom. The van der Waals surface area contributed by atoms with Crippen LogP contribution in [0, 0.1) is 6.92 Å². The topological polar surface area (TPSA) is 38.1 Å². The van der Waals surface area contributed by atoms with Crippen LogP contribution in [0.4, 0.5) is 0 Å². The summed E-state index contributed by atoms with van der Waals surface area (Å²) < 4.78 is 1.93. The molecular formula is C22H34N2O. The molecule has 2 aromatic rings. The minimum absolute atomic E-state index is 0.222. The van der Waals surface area contributed by atoms with E-state index in [0.29, 0.717) is 23.5 Å². The molecule has 1 aromatic carbocycles. The molecule has 0 aliphatic carbocycles. The molecule has 2 rings (SSSR count). The van der Waals surface area contributed by atoms with Gasteiger partial charge in [-0.15, -0.1) is 0 Å². The van der Waals surface area contributed by atoms with E-state index in [0.717, 1.165) is 17.0 Å². The summed E-state index contributed by atoms with van der Waals surface area (Å²) in [4.78, 5) is 0. The van der Waals surface area contributed by atoms with Crippen molar-refractivity contribution in [3.8, 4) is 17.0 Å². The van der Waals surface area contributed by atoms with Gasteiger partial charge in [0.2, 0.25) is 0 Å². The lowest BCUT2D eigenvalue weighted by Crippen LogP contribution is -2.06. The standard InChI is InChI=1S/C22H34N2O/c1-12(2)17-10-18(13(3)4)20(19(11-17)14(5)6)21-22(25)16(9)24(23-21)15(7)8/h10-15,25H,1-9H3. The molecule has 3 heteroatoms. The SMILES string of the molecule is Cc1c(O)c(-c2c(C(C)C)cc(C(C)C)cc2C(C)C)nn1C(C)C. The minimum atomic E-state index is 0.222. The number of hydrogen-bond donors (Lipinski definition) is 1. The van der Waals surface area contributed by atoms with Crippen molar-refractivity contribution in [3.05, 3.63) is 34.5 Å². The van der Waals surface area contributed by atoms with Crippen LogP contribution in [0.15, 0.2) is 12.1 Å². The maximum absolute atomic E-state index is 10.8. The highest BCUT2D eigenvalue weighted by molar-refractivity contribution is 5.75. The van der Waals surface area contributed by atoms with Gasteiger partial charge in [0.25, 0.3) is 0 Å². The number of hydrogen-bond acceptors (Lipinski definition) is 2. The van der Waals surface area contributed by atoms with Gasteiger partial charge in [-0.05, 0) is 55.2 Å². The second-order valence-corrected chi connectivity index (χ2v) is 8.36. The summed E-state index contributed by atoms with van der Waals surface area (Å²) in [6.45, 7) is 19.5. The lowest BCUT2D eigenvalue weighted by Gasteiger charge is -2.22. The third-order valence-electron chi connectivity index (χ3n) is 4.98. The van der Waals surface area contributed by atoms with E-state index in [9.17, 15) is 5.11 Å². The largest absolute Gasteiger partial charge is 0.504 e. The molecule has 0 atom stereocenters. The second-order valence-electron chi connectivity index (χ2n) is 8.36. The fraction of sp³-hybridized carbons (Fsp3) is 0.591. The molecule has 1 heterocycles. The molecular weight excluding hydrogens is 308 g/mol. The van der Waals surface area contributed by atoms with Gasteiger partial charge >= 0.3 is 0 Å². The molecule has 0 aliphatic heterocycles. The van der Waals surface area contributed by atoms with Crippen LogP contribution in [-0.2, 0) is 0 Å². The van der Waals surface area contributed by atoms with Gasteiger partial charge in [-0.25, -0.2) is 0 Å². The van der Waals surface area contributed by atoms with Crippen LogP contribution < -0.4 is 0 Å². The highest BCUT2D eigenvalue weighted by Gasteiger charge is 2.25. The van der Waals surface area contributed by atoms with E-state index in [-0.39, 0.29) is 6.04 Å². The third-order valence-corrected chi connectivity index (χ3v) is 4.98. The Hall–Kier alpha value is -1.77. The summed E-state index contributed by atoms with van der Waals surface area (Å²) in [5, 5.41) is 15.6. The van der Waals surface area contributed by atoms with Crippen molar-refractivity contribution in [2.75, 3.05) is 0 Å². The first-order valence-corrected chi connectivity index (χ1v) is 9.52. The van der Waals surface area contributed by atoms with Crippen LogP contribution in [0.1, 0.15) is 102 Å². The summed E-state index contributed by atoms with van der Waals surface area (Å²) in [7, 11) is 0. The Morgan fingerprint density at radius 2 is 1.32 bits per heavy atom. The average Bonchev–Trinajstić information content (AvgIpc) is 2.81. The van der Waals surface area contributed by atoms with Crippen molar-refractivity contribution in [2.24, 2.45) is 0 Å². The van der Waals surface area contributed by atoms with Crippen molar-refractivity contribution < 1.29 is 5.11 Å². The summed E-state index contributed by atoms with van der Waals surface area (Å²) in [6, 6.07) is 4.83. The first-order chi connectivity index (χ1) is 11.6. The molecule has 0 aliphatic rings. The molecule has 25 heavy (non-hydrogen) atoms. The smallest absolute Gasteiger partial charge is 0.164 e. The molecule has 0 amide bonds. The number of nitrogens with zero attached hydrogens (tertiary/aromatic N) is 2. The second kappa shape index (κ2) is 7.23. The quantitative estimate of drug-likeness (QED) is 0.672. The van der Waals surface area contributed by atoms with Crippen molar-refractivity contribution in [1.29, 1.82) is 0 Å². The van der Waals surface area contributed by atoms with E-state index >= 15 is 0 Å². The van der Waals surface area contributed by atoms with Gasteiger partial charge < -0.3 is 5.11 Å². The fourth-order valence-electron chi connectivity index (χ4n) is 3.41. The van der Waals surface area contributed by atoms with E-state index in [1.54, 1.807) is 0 Å². The Balaban J connectivity index is 2.86. The summed E-state index contributed by atoms with van der Waals surface area (Å²) in [5.74, 6) is 1.53. The zero-order valence-electron chi connectivity index (χ0n) is 17.3. The molecule has 3 nitrogen and oxygen atoms in total. The maximum Gasteiger partial charge on any atom is 0.164 e. The zero-order chi connectivity index (χ0) is 19.0. The molecule has 0 bridgehead atoms. The van der Waals surface area contributed by atoms with E-state index in [2.05, 4.69) is 67.5 Å². The number of benzene rings is 1. The molecule has 1 aromatic heterocycles. The van der Waals surface area contributed by atoms with Gasteiger partial charge in [-0.1, -0.05) is 53.7 Å². The average molecular weight is 343 g/mol. The van der Waals surface area contributed by atoms with Crippen LogP contribution in [0.3, 0.4) is 0 Å². The number of aromatic nitrogens is 2. The van der Waals surface area contributed by atoms with Crippen LogP contribution >= 0.6 is 0 Å². The molecule has 138 valence electrons. The predicted octanol–water partition coefficient (Wildman–Crippen LogP) is 6.52. The van der Waals surface area contributed by atoms with Crippen LogP contribution in [0.5, 0.6) is 5.75 Å². The van der Waals surface area contributed by atoms with Crippen molar-refractivity contribution in [1.82, 2.24) is 9.78 Å².